The van der Waals surface area contributed by atoms with Crippen LogP contribution in [0.5, 0.6) is 0 Å². The molecule has 0 saturated heterocycles. The third-order valence-corrected chi connectivity index (χ3v) is 17.3. The fraction of sp³-hybridized carbons (Fsp3) is 0.421. The zero-order chi connectivity index (χ0) is 55.2. The Labute approximate surface area is 473 Å². The summed E-state index contributed by atoms with van der Waals surface area (Å²) in [4.78, 5) is 0. The number of fused-ring (bicyclic) bond motifs is 6. The number of hydrogen-bond acceptors (Lipinski definition) is 1. The van der Waals surface area contributed by atoms with Crippen LogP contribution in [0.4, 0.5) is 0 Å². The number of hydrogen-bond donors (Lipinski definition) is 1. The summed E-state index contributed by atoms with van der Waals surface area (Å²) in [5, 5.41) is 10.6. The van der Waals surface area contributed by atoms with E-state index in [1.807, 2.05) is 0 Å². The van der Waals surface area contributed by atoms with E-state index in [1.54, 1.807) is 13.8 Å². The maximum absolute atomic E-state index is 10.6. The summed E-state index contributed by atoms with van der Waals surface area (Å²) in [5.74, 6) is 24.5. The molecule has 2 aliphatic carbocycles. The van der Waals surface area contributed by atoms with Crippen molar-refractivity contribution in [3.05, 3.63) is 177 Å². The van der Waals surface area contributed by atoms with Gasteiger partial charge in [0, 0.05) is 44.2 Å². The summed E-state index contributed by atoms with van der Waals surface area (Å²) >= 11 is 0. The minimum Gasteiger partial charge on any atom is -0.378 e. The summed E-state index contributed by atoms with van der Waals surface area (Å²) in [6.07, 6.45) is 24.2. The van der Waals surface area contributed by atoms with E-state index in [9.17, 15) is 5.11 Å². The Morgan fingerprint density at radius 3 is 0.936 bits per heavy atom. The van der Waals surface area contributed by atoms with Gasteiger partial charge in [-0.05, 0) is 168 Å². The molecule has 0 atom stereocenters. The second-order valence-electron chi connectivity index (χ2n) is 24.4. The van der Waals surface area contributed by atoms with E-state index in [-0.39, 0.29) is 10.8 Å². The van der Waals surface area contributed by atoms with Crippen molar-refractivity contribution in [3.63, 3.8) is 0 Å². The molecular weight excluding hydrogens is 957 g/mol. The van der Waals surface area contributed by atoms with Gasteiger partial charge in [0.05, 0.1) is 0 Å². The molecule has 2 aliphatic rings. The molecule has 8 rings (SSSR count). The first kappa shape index (κ1) is 57.9. The van der Waals surface area contributed by atoms with Gasteiger partial charge in [-0.15, -0.1) is 5.54 Å². The quantitative estimate of drug-likeness (QED) is 0.0433. The van der Waals surface area contributed by atoms with Gasteiger partial charge < -0.3 is 5.11 Å². The molecule has 0 spiro atoms. The smallest absolute Gasteiger partial charge is 0.129 e. The Hall–Kier alpha value is -6.26. The normalized spacial score (nSPS) is 13.3. The molecule has 2 heteroatoms. The number of rotatable bonds is 21. The van der Waals surface area contributed by atoms with Crippen LogP contribution < -0.4 is 0 Å². The first-order valence-electron chi connectivity index (χ1n) is 30.3. The molecule has 0 heterocycles. The highest BCUT2D eigenvalue weighted by molar-refractivity contribution is 6.83. The van der Waals surface area contributed by atoms with Gasteiger partial charge >= 0.3 is 0 Å². The molecule has 0 bridgehead atoms. The Bertz CT molecular complexity index is 3240. The average Bonchev–Trinajstić information content (AvgIpc) is 3.86. The van der Waals surface area contributed by atoms with E-state index in [1.165, 1.54) is 158 Å². The predicted octanol–water partition coefficient (Wildman–Crippen LogP) is 19.9. The van der Waals surface area contributed by atoms with E-state index in [2.05, 4.69) is 216 Å². The minimum atomic E-state index is -1.43. The van der Waals surface area contributed by atoms with E-state index in [4.69, 9.17) is 0 Å². The summed E-state index contributed by atoms with van der Waals surface area (Å²) < 4.78 is 0. The second kappa shape index (κ2) is 26.6. The topological polar surface area (TPSA) is 20.2 Å². The molecule has 402 valence electrons. The lowest BCUT2D eigenvalue weighted by molar-refractivity contribution is 0.143. The SMILES string of the molecule is CCCCCCC1(CCCCCC)c2cc(C#Cc3ccc(-c4ccc(C#C[Si](C)(C)C)cc4)cc3)ccc2-c2ccc(C#Cc3ccc4c(c3)C(CCCCCC)(CCCCCC)c3cc(C#CC(C)(C)O)ccc3-4)cc21. The maximum Gasteiger partial charge on any atom is 0.129 e. The highest BCUT2D eigenvalue weighted by Crippen LogP contribution is 2.56. The van der Waals surface area contributed by atoms with Crippen molar-refractivity contribution in [3.8, 4) is 80.4 Å². The number of benzene rings is 6. The molecule has 0 amide bonds. The molecule has 6 aromatic rings. The first-order valence-corrected chi connectivity index (χ1v) is 33.8. The van der Waals surface area contributed by atoms with E-state index in [0.29, 0.717) is 0 Å². The number of aliphatic hydroxyl groups is 1. The van der Waals surface area contributed by atoms with Crippen LogP contribution in [0.2, 0.25) is 19.6 Å². The molecule has 6 aromatic carbocycles. The molecule has 0 unspecified atom stereocenters. The van der Waals surface area contributed by atoms with Crippen LogP contribution in [0.15, 0.2) is 121 Å². The molecule has 0 aliphatic heterocycles. The van der Waals surface area contributed by atoms with Gasteiger partial charge in [0.25, 0.3) is 0 Å². The minimum absolute atomic E-state index is 0.0936. The van der Waals surface area contributed by atoms with Gasteiger partial charge in [-0.3, -0.25) is 0 Å². The van der Waals surface area contributed by atoms with Crippen molar-refractivity contribution in [1.82, 2.24) is 0 Å². The van der Waals surface area contributed by atoms with Crippen molar-refractivity contribution in [2.45, 2.75) is 206 Å². The van der Waals surface area contributed by atoms with Gasteiger partial charge in [-0.2, -0.15) is 0 Å². The molecule has 0 saturated carbocycles. The molecule has 1 N–H and O–H groups in total. The van der Waals surface area contributed by atoms with E-state index >= 15 is 0 Å². The van der Waals surface area contributed by atoms with Gasteiger partial charge in [-0.25, -0.2) is 0 Å². The lowest BCUT2D eigenvalue weighted by Crippen LogP contribution is -2.26. The van der Waals surface area contributed by atoms with Crippen LogP contribution in [0.3, 0.4) is 0 Å². The Morgan fingerprint density at radius 2 is 0.641 bits per heavy atom. The van der Waals surface area contributed by atoms with Gasteiger partial charge in [-0.1, -0.05) is 240 Å². The lowest BCUT2D eigenvalue weighted by atomic mass is 9.70. The Kier molecular flexibility index (Phi) is 19.7. The standard InChI is InChI=1S/C76H88OSi/c1-10-14-18-22-48-75(49-23-19-15-11-2)70-54-60(27-26-58-30-38-64(39-31-58)65-40-32-59(33-41-65)47-53-78(7,8)9)34-42-66(70)67-43-35-61(55-71(67)75)28-29-62-36-44-68-69-45-37-63(46-52-74(5,6)77)57-73(69)76(72(68)56-62,50-24-20-16-12-3)51-25-21-17-13-4/h30-45,54-57,77H,10-25,48-51H2,1-9H3. The average molecular weight is 1050 g/mol. The summed E-state index contributed by atoms with van der Waals surface area (Å²) in [7, 11) is -1.43. The molecule has 1 nitrogen and oxygen atoms in total. The van der Waals surface area contributed by atoms with Crippen molar-refractivity contribution >= 4 is 8.07 Å². The molecule has 0 aromatic heterocycles. The van der Waals surface area contributed by atoms with Crippen LogP contribution >= 0.6 is 0 Å². The molecule has 0 fully saturated rings. The maximum atomic E-state index is 10.6. The molecule has 78 heavy (non-hydrogen) atoms. The third-order valence-electron chi connectivity index (χ3n) is 16.4. The van der Waals surface area contributed by atoms with Gasteiger partial charge in [0.1, 0.15) is 13.7 Å². The van der Waals surface area contributed by atoms with Crippen LogP contribution in [0.25, 0.3) is 33.4 Å². The monoisotopic (exact) mass is 1040 g/mol. The van der Waals surface area contributed by atoms with Gasteiger partial charge in [0.15, 0.2) is 0 Å². The Morgan fingerprint density at radius 1 is 0.359 bits per heavy atom. The zero-order valence-electron chi connectivity index (χ0n) is 49.1. The van der Waals surface area contributed by atoms with Crippen molar-refractivity contribution in [2.24, 2.45) is 0 Å². The zero-order valence-corrected chi connectivity index (χ0v) is 50.1. The Balaban J connectivity index is 1.14. The summed E-state index contributed by atoms with van der Waals surface area (Å²) in [5.41, 5.74) is 22.1. The van der Waals surface area contributed by atoms with Crippen molar-refractivity contribution in [2.75, 3.05) is 0 Å². The first-order chi connectivity index (χ1) is 37.7. The van der Waals surface area contributed by atoms with E-state index in [0.717, 1.165) is 59.1 Å². The van der Waals surface area contributed by atoms with Crippen LogP contribution in [0, 0.1) is 47.0 Å². The van der Waals surface area contributed by atoms with Crippen molar-refractivity contribution < 1.29 is 5.11 Å². The van der Waals surface area contributed by atoms with E-state index < -0.39 is 13.7 Å². The van der Waals surface area contributed by atoms with Crippen molar-refractivity contribution in [1.29, 1.82) is 0 Å². The largest absolute Gasteiger partial charge is 0.378 e. The summed E-state index contributed by atoms with van der Waals surface area (Å²) in [6.45, 7) is 19.6. The molecule has 0 radical (unpaired) electrons. The predicted molar refractivity (Wildman–Crippen MR) is 338 cm³/mol. The highest BCUT2D eigenvalue weighted by Gasteiger charge is 2.44. The second-order valence-corrected chi connectivity index (χ2v) is 29.2. The fourth-order valence-electron chi connectivity index (χ4n) is 12.3. The number of unbranched alkanes of at least 4 members (excludes halogenated alkanes) is 12. The van der Waals surface area contributed by atoms with Crippen LogP contribution in [-0.2, 0) is 10.8 Å². The summed E-state index contributed by atoms with van der Waals surface area (Å²) in [6, 6.07) is 45.5. The highest BCUT2D eigenvalue weighted by atomic mass is 28.3. The third kappa shape index (κ3) is 14.3. The molecular formula is C76H88OSi. The van der Waals surface area contributed by atoms with Crippen LogP contribution in [-0.4, -0.2) is 18.8 Å². The fourth-order valence-corrected chi connectivity index (χ4v) is 12.8. The van der Waals surface area contributed by atoms with Gasteiger partial charge in [0.2, 0.25) is 0 Å². The van der Waals surface area contributed by atoms with Crippen LogP contribution in [0.1, 0.15) is 226 Å². The lowest BCUT2D eigenvalue weighted by Gasteiger charge is -2.33.